The molecular weight excluding hydrogens is 344 g/mol. The molecular formula is C17H15BrN2S. The predicted molar refractivity (Wildman–Crippen MR) is 91.7 cm³/mol. The maximum atomic E-state index is 9.47. The molecule has 4 heteroatoms. The van der Waals surface area contributed by atoms with Gasteiger partial charge in [-0.1, -0.05) is 34.5 Å². The lowest BCUT2D eigenvalue weighted by Gasteiger charge is -1.96. The van der Waals surface area contributed by atoms with E-state index in [2.05, 4.69) is 27.0 Å². The summed E-state index contributed by atoms with van der Waals surface area (Å²) in [6.07, 6.45) is 7.66. The van der Waals surface area contributed by atoms with Crippen molar-refractivity contribution in [3.63, 3.8) is 0 Å². The number of hydrogen-bond donors (Lipinski definition) is 0. The van der Waals surface area contributed by atoms with Crippen molar-refractivity contribution in [3.8, 4) is 6.07 Å². The second-order valence-electron chi connectivity index (χ2n) is 5.17. The van der Waals surface area contributed by atoms with Gasteiger partial charge in [0, 0.05) is 15.6 Å². The maximum absolute atomic E-state index is 9.47. The van der Waals surface area contributed by atoms with Gasteiger partial charge >= 0.3 is 0 Å². The first kappa shape index (κ1) is 14.5. The van der Waals surface area contributed by atoms with Gasteiger partial charge in [0.15, 0.2) is 0 Å². The number of hydrogen-bond acceptors (Lipinski definition) is 3. The standard InChI is InChI=1S/C17H15BrN2S/c18-13-8-6-12(7-9-13)11-20-17-15(10-19)14-4-2-1-3-5-16(14)21-17/h6-9,11H,1-5H2. The molecule has 0 N–H and O–H groups in total. The van der Waals surface area contributed by atoms with E-state index < -0.39 is 0 Å². The van der Waals surface area contributed by atoms with Crippen molar-refractivity contribution in [1.82, 2.24) is 0 Å². The Morgan fingerprint density at radius 1 is 1.14 bits per heavy atom. The van der Waals surface area contributed by atoms with E-state index in [0.29, 0.717) is 0 Å². The second kappa shape index (κ2) is 6.55. The summed E-state index contributed by atoms with van der Waals surface area (Å²) in [6.45, 7) is 0. The molecule has 0 fully saturated rings. The summed E-state index contributed by atoms with van der Waals surface area (Å²) in [7, 11) is 0. The van der Waals surface area contributed by atoms with E-state index in [4.69, 9.17) is 0 Å². The molecule has 3 rings (SSSR count). The molecule has 0 aliphatic heterocycles. The number of benzene rings is 1. The highest BCUT2D eigenvalue weighted by molar-refractivity contribution is 9.10. The fourth-order valence-electron chi connectivity index (χ4n) is 2.62. The van der Waals surface area contributed by atoms with Crippen LogP contribution in [0.15, 0.2) is 33.7 Å². The van der Waals surface area contributed by atoms with Crippen molar-refractivity contribution in [1.29, 1.82) is 5.26 Å². The largest absolute Gasteiger partial charge is 0.244 e. The molecule has 1 heterocycles. The Hall–Kier alpha value is -1.44. The minimum atomic E-state index is 0.797. The summed E-state index contributed by atoms with van der Waals surface area (Å²) in [5, 5.41) is 10.3. The Balaban J connectivity index is 1.92. The number of thiophene rings is 1. The Morgan fingerprint density at radius 3 is 2.67 bits per heavy atom. The molecule has 1 aromatic carbocycles. The van der Waals surface area contributed by atoms with Crippen molar-refractivity contribution < 1.29 is 0 Å². The molecule has 0 saturated heterocycles. The van der Waals surface area contributed by atoms with Crippen LogP contribution >= 0.6 is 27.3 Å². The third-order valence-electron chi connectivity index (χ3n) is 3.72. The van der Waals surface area contributed by atoms with Gasteiger partial charge in [-0.15, -0.1) is 11.3 Å². The number of fused-ring (bicyclic) bond motifs is 1. The molecule has 106 valence electrons. The molecule has 1 aliphatic rings. The summed E-state index contributed by atoms with van der Waals surface area (Å²) < 4.78 is 1.06. The Morgan fingerprint density at radius 2 is 1.90 bits per heavy atom. The van der Waals surface area contributed by atoms with Gasteiger partial charge in [0.1, 0.15) is 11.1 Å². The summed E-state index contributed by atoms with van der Waals surface area (Å²) in [5.41, 5.74) is 3.10. The number of rotatable bonds is 2. The van der Waals surface area contributed by atoms with Crippen LogP contribution in [0.1, 0.15) is 40.8 Å². The topological polar surface area (TPSA) is 36.1 Å². The van der Waals surface area contributed by atoms with Crippen molar-refractivity contribution in [2.75, 3.05) is 0 Å². The van der Waals surface area contributed by atoms with Crippen molar-refractivity contribution in [2.45, 2.75) is 32.1 Å². The third kappa shape index (κ3) is 3.25. The first-order valence-corrected chi connectivity index (χ1v) is 8.73. The van der Waals surface area contributed by atoms with E-state index in [-0.39, 0.29) is 0 Å². The third-order valence-corrected chi connectivity index (χ3v) is 5.44. The average molecular weight is 359 g/mol. The molecule has 0 unspecified atom stereocenters. The fourth-order valence-corrected chi connectivity index (χ4v) is 4.06. The molecule has 0 saturated carbocycles. The highest BCUT2D eigenvalue weighted by Gasteiger charge is 2.19. The van der Waals surface area contributed by atoms with Gasteiger partial charge in [-0.2, -0.15) is 5.26 Å². The van der Waals surface area contributed by atoms with Crippen LogP contribution in [0.25, 0.3) is 0 Å². The molecule has 2 aromatic rings. The average Bonchev–Trinajstić information content (AvgIpc) is 2.66. The van der Waals surface area contributed by atoms with Crippen LogP contribution in [0.5, 0.6) is 0 Å². The molecule has 1 aliphatic carbocycles. The van der Waals surface area contributed by atoms with E-state index >= 15 is 0 Å². The van der Waals surface area contributed by atoms with Crippen LogP contribution in [0, 0.1) is 11.3 Å². The van der Waals surface area contributed by atoms with Crippen LogP contribution in [0.2, 0.25) is 0 Å². The normalized spacial score (nSPS) is 14.7. The zero-order chi connectivity index (χ0) is 14.7. The fraction of sp³-hybridized carbons (Fsp3) is 0.294. The zero-order valence-electron chi connectivity index (χ0n) is 11.6. The number of aryl methyl sites for hydroxylation is 1. The summed E-state index contributed by atoms with van der Waals surface area (Å²) >= 11 is 5.12. The predicted octanol–water partition coefficient (Wildman–Crippen LogP) is 5.40. The summed E-state index contributed by atoms with van der Waals surface area (Å²) in [6, 6.07) is 10.4. The smallest absolute Gasteiger partial charge is 0.134 e. The van der Waals surface area contributed by atoms with Gasteiger partial charge in [-0.3, -0.25) is 0 Å². The highest BCUT2D eigenvalue weighted by atomic mass is 79.9. The van der Waals surface area contributed by atoms with Gasteiger partial charge < -0.3 is 0 Å². The second-order valence-corrected chi connectivity index (χ2v) is 7.17. The first-order chi connectivity index (χ1) is 10.3. The summed E-state index contributed by atoms with van der Waals surface area (Å²) in [5.74, 6) is 0. The SMILES string of the molecule is N#Cc1c(N=Cc2ccc(Br)cc2)sc2c1CCCCC2. The maximum Gasteiger partial charge on any atom is 0.134 e. The Labute approximate surface area is 137 Å². The lowest BCUT2D eigenvalue weighted by atomic mass is 10.1. The molecule has 0 amide bonds. The monoisotopic (exact) mass is 358 g/mol. The van der Waals surface area contributed by atoms with Gasteiger partial charge in [0.25, 0.3) is 0 Å². The van der Waals surface area contributed by atoms with Crippen LogP contribution in [-0.4, -0.2) is 6.21 Å². The van der Waals surface area contributed by atoms with E-state index in [9.17, 15) is 5.26 Å². The zero-order valence-corrected chi connectivity index (χ0v) is 14.0. The molecule has 0 radical (unpaired) electrons. The lowest BCUT2D eigenvalue weighted by molar-refractivity contribution is 0.712. The van der Waals surface area contributed by atoms with Crippen molar-refractivity contribution in [2.24, 2.45) is 4.99 Å². The van der Waals surface area contributed by atoms with Gasteiger partial charge in [0.05, 0.1) is 5.56 Å². The van der Waals surface area contributed by atoms with E-state index in [1.165, 1.54) is 29.7 Å². The minimum Gasteiger partial charge on any atom is -0.244 e. The number of nitrogens with zero attached hydrogens (tertiary/aromatic N) is 2. The van der Waals surface area contributed by atoms with Crippen LogP contribution in [0.4, 0.5) is 5.00 Å². The van der Waals surface area contributed by atoms with Gasteiger partial charge in [-0.25, -0.2) is 4.99 Å². The van der Waals surface area contributed by atoms with Crippen molar-refractivity contribution in [3.05, 3.63) is 50.3 Å². The summed E-state index contributed by atoms with van der Waals surface area (Å²) in [4.78, 5) is 5.94. The lowest BCUT2D eigenvalue weighted by Crippen LogP contribution is -1.87. The molecule has 0 atom stereocenters. The molecule has 0 bridgehead atoms. The molecule has 1 aromatic heterocycles. The quantitative estimate of drug-likeness (QED) is 0.522. The van der Waals surface area contributed by atoms with Gasteiger partial charge in [-0.05, 0) is 48.9 Å². The van der Waals surface area contributed by atoms with E-state index in [1.807, 2.05) is 30.5 Å². The number of nitriles is 1. The Kier molecular flexibility index (Phi) is 4.52. The van der Waals surface area contributed by atoms with E-state index in [0.717, 1.165) is 33.4 Å². The Bertz CT molecular complexity index is 708. The molecule has 21 heavy (non-hydrogen) atoms. The highest BCUT2D eigenvalue weighted by Crippen LogP contribution is 2.38. The first-order valence-electron chi connectivity index (χ1n) is 7.12. The van der Waals surface area contributed by atoms with Crippen LogP contribution < -0.4 is 0 Å². The minimum absolute atomic E-state index is 0.797. The van der Waals surface area contributed by atoms with E-state index in [1.54, 1.807) is 11.3 Å². The number of aliphatic imine (C=N–C) groups is 1. The molecule has 2 nitrogen and oxygen atoms in total. The van der Waals surface area contributed by atoms with Gasteiger partial charge in [0.2, 0.25) is 0 Å². The van der Waals surface area contributed by atoms with Crippen LogP contribution in [-0.2, 0) is 12.8 Å². The molecule has 0 spiro atoms. The number of halogens is 1. The van der Waals surface area contributed by atoms with Crippen molar-refractivity contribution >= 4 is 38.5 Å². The van der Waals surface area contributed by atoms with Crippen LogP contribution in [0.3, 0.4) is 0 Å².